The summed E-state index contributed by atoms with van der Waals surface area (Å²) in [7, 11) is 0. The van der Waals surface area contributed by atoms with E-state index in [1.807, 2.05) is 53.0 Å². The van der Waals surface area contributed by atoms with Gasteiger partial charge in [-0.25, -0.2) is 4.98 Å². The summed E-state index contributed by atoms with van der Waals surface area (Å²) in [6, 6.07) is 52.0. The van der Waals surface area contributed by atoms with Gasteiger partial charge >= 0.3 is 0 Å². The number of hydrogen-bond acceptors (Lipinski definition) is 5. The fourth-order valence-corrected chi connectivity index (χ4v) is 8.93. The van der Waals surface area contributed by atoms with Crippen molar-refractivity contribution in [3.63, 3.8) is 0 Å². The Morgan fingerprint density at radius 2 is 1.11 bits per heavy atom. The summed E-state index contributed by atoms with van der Waals surface area (Å²) in [6.45, 7) is 0. The van der Waals surface area contributed by atoms with Gasteiger partial charge in [-0.1, -0.05) is 72.8 Å². The molecule has 0 unspecified atom stereocenters. The Balaban J connectivity index is 1.28. The fraction of sp³-hybridized carbons (Fsp3) is 0. The Kier molecular flexibility index (Phi) is 5.61. The van der Waals surface area contributed by atoms with E-state index in [0.29, 0.717) is 5.89 Å². The number of rotatable bonds is 4. The van der Waals surface area contributed by atoms with Crippen LogP contribution in [-0.4, -0.2) is 4.98 Å². The first-order valence-electron chi connectivity index (χ1n) is 15.3. The van der Waals surface area contributed by atoms with Crippen LogP contribution in [0.4, 0.5) is 17.1 Å². The zero-order chi connectivity index (χ0) is 30.2. The molecule has 10 rings (SSSR count). The van der Waals surface area contributed by atoms with Gasteiger partial charge in [0, 0.05) is 57.3 Å². The summed E-state index contributed by atoms with van der Waals surface area (Å²) in [5.41, 5.74) is 5.85. The Labute approximate surface area is 272 Å². The summed E-state index contributed by atoms with van der Waals surface area (Å²) in [4.78, 5) is 7.33. The molecule has 0 spiro atoms. The van der Waals surface area contributed by atoms with Gasteiger partial charge in [0.2, 0.25) is 5.89 Å². The fourth-order valence-electron chi connectivity index (χ4n) is 6.76. The van der Waals surface area contributed by atoms with E-state index in [2.05, 4.69) is 120 Å². The van der Waals surface area contributed by atoms with Crippen molar-refractivity contribution in [2.45, 2.75) is 0 Å². The van der Waals surface area contributed by atoms with Crippen LogP contribution in [0.15, 0.2) is 150 Å². The van der Waals surface area contributed by atoms with Crippen molar-refractivity contribution in [1.29, 1.82) is 0 Å². The van der Waals surface area contributed by atoms with E-state index in [9.17, 15) is 0 Å². The van der Waals surface area contributed by atoms with Gasteiger partial charge in [0.25, 0.3) is 0 Å². The molecule has 3 heterocycles. The van der Waals surface area contributed by atoms with Crippen molar-refractivity contribution in [2.75, 3.05) is 4.90 Å². The lowest BCUT2D eigenvalue weighted by molar-refractivity contribution is 0.623. The molecule has 46 heavy (non-hydrogen) atoms. The molecule has 7 aromatic carbocycles. The second-order valence-corrected chi connectivity index (χ2v) is 13.7. The molecule has 3 aromatic heterocycles. The first kappa shape index (κ1) is 25.8. The molecule has 0 N–H and O–H groups in total. The van der Waals surface area contributed by atoms with Crippen molar-refractivity contribution in [1.82, 2.24) is 4.98 Å². The average molecular weight is 625 g/mol. The van der Waals surface area contributed by atoms with Gasteiger partial charge in [0.1, 0.15) is 5.52 Å². The van der Waals surface area contributed by atoms with E-state index in [1.165, 1.54) is 40.3 Å². The van der Waals surface area contributed by atoms with Gasteiger partial charge in [0.15, 0.2) is 5.58 Å². The Hall–Kier alpha value is -5.49. The first-order valence-corrected chi connectivity index (χ1v) is 16.9. The molecular formula is C41H24N2OS2. The number of hydrogen-bond donors (Lipinski definition) is 0. The first-order chi connectivity index (χ1) is 22.8. The van der Waals surface area contributed by atoms with E-state index < -0.39 is 0 Å². The van der Waals surface area contributed by atoms with E-state index in [1.54, 1.807) is 0 Å². The number of nitrogens with zero attached hydrogens (tertiary/aromatic N) is 2. The van der Waals surface area contributed by atoms with Crippen molar-refractivity contribution < 1.29 is 4.42 Å². The average Bonchev–Trinajstić information content (AvgIpc) is 3.82. The molecule has 3 nitrogen and oxygen atoms in total. The Morgan fingerprint density at radius 1 is 0.500 bits per heavy atom. The number of anilines is 3. The molecule has 0 aliphatic heterocycles. The van der Waals surface area contributed by atoms with Gasteiger partial charge in [0.05, 0.1) is 11.1 Å². The summed E-state index contributed by atoms with van der Waals surface area (Å²) >= 11 is 3.69. The van der Waals surface area contributed by atoms with E-state index in [-0.39, 0.29) is 0 Å². The van der Waals surface area contributed by atoms with Gasteiger partial charge in [-0.3, -0.25) is 0 Å². The zero-order valence-corrected chi connectivity index (χ0v) is 26.1. The van der Waals surface area contributed by atoms with Crippen LogP contribution < -0.4 is 4.90 Å². The van der Waals surface area contributed by atoms with Gasteiger partial charge in [-0.15, -0.1) is 22.7 Å². The SMILES string of the molecule is c1ccc(-c2nc3ccc4cccc(N(c5ccc6sc7ccccc7c6c5)c5ccc6sc7ccccc7c6c5)c4c3o2)cc1. The molecule has 0 atom stereocenters. The van der Waals surface area contributed by atoms with E-state index in [4.69, 9.17) is 9.40 Å². The molecule has 0 radical (unpaired) electrons. The normalized spacial score (nSPS) is 11.9. The van der Waals surface area contributed by atoms with Gasteiger partial charge in [-0.05, 0) is 78.2 Å². The third-order valence-corrected chi connectivity index (χ3v) is 11.2. The molecule has 0 saturated heterocycles. The summed E-state index contributed by atoms with van der Waals surface area (Å²) in [5.74, 6) is 0.627. The van der Waals surface area contributed by atoms with Crippen LogP contribution in [0.25, 0.3) is 73.7 Å². The summed E-state index contributed by atoms with van der Waals surface area (Å²) in [6.07, 6.45) is 0. The third-order valence-electron chi connectivity index (χ3n) is 8.87. The van der Waals surface area contributed by atoms with Crippen molar-refractivity contribution >= 4 is 102 Å². The van der Waals surface area contributed by atoms with Crippen molar-refractivity contribution in [3.05, 3.63) is 146 Å². The molecular weight excluding hydrogens is 601 g/mol. The molecule has 0 fully saturated rings. The lowest BCUT2D eigenvalue weighted by Crippen LogP contribution is -2.10. The molecule has 0 aliphatic carbocycles. The van der Waals surface area contributed by atoms with Crippen molar-refractivity contribution in [3.8, 4) is 11.5 Å². The predicted octanol–water partition coefficient (Wildman–Crippen LogP) is 12.9. The number of oxazole rings is 1. The highest BCUT2D eigenvalue weighted by Crippen LogP contribution is 2.46. The molecule has 216 valence electrons. The smallest absolute Gasteiger partial charge is 0.227 e. The minimum Gasteiger partial charge on any atom is -0.435 e. The summed E-state index contributed by atoms with van der Waals surface area (Å²) in [5, 5.41) is 7.25. The van der Waals surface area contributed by atoms with E-state index >= 15 is 0 Å². The number of fused-ring (bicyclic) bond motifs is 9. The lowest BCUT2D eigenvalue weighted by Gasteiger charge is -2.27. The van der Waals surface area contributed by atoms with Crippen molar-refractivity contribution in [2.24, 2.45) is 0 Å². The van der Waals surface area contributed by atoms with Crippen LogP contribution >= 0.6 is 22.7 Å². The molecule has 0 aliphatic rings. The monoisotopic (exact) mass is 624 g/mol. The maximum absolute atomic E-state index is 6.63. The Morgan fingerprint density at radius 3 is 1.78 bits per heavy atom. The highest BCUT2D eigenvalue weighted by atomic mass is 32.1. The van der Waals surface area contributed by atoms with Gasteiger partial charge < -0.3 is 9.32 Å². The zero-order valence-electron chi connectivity index (χ0n) is 24.5. The van der Waals surface area contributed by atoms with Crippen LogP contribution in [-0.2, 0) is 0 Å². The van der Waals surface area contributed by atoms with Crippen LogP contribution in [0.3, 0.4) is 0 Å². The highest BCUT2D eigenvalue weighted by molar-refractivity contribution is 7.26. The quantitative estimate of drug-likeness (QED) is 0.195. The third kappa shape index (κ3) is 3.92. The summed E-state index contributed by atoms with van der Waals surface area (Å²) < 4.78 is 11.8. The number of aromatic nitrogens is 1. The molecule has 0 bridgehead atoms. The predicted molar refractivity (Wildman–Crippen MR) is 197 cm³/mol. The molecule has 0 amide bonds. The number of benzene rings is 7. The highest BCUT2D eigenvalue weighted by Gasteiger charge is 2.21. The van der Waals surface area contributed by atoms with Crippen LogP contribution in [0.5, 0.6) is 0 Å². The maximum Gasteiger partial charge on any atom is 0.227 e. The van der Waals surface area contributed by atoms with Crippen LogP contribution in [0, 0.1) is 0 Å². The van der Waals surface area contributed by atoms with Crippen LogP contribution in [0.1, 0.15) is 0 Å². The maximum atomic E-state index is 6.63. The molecule has 10 aromatic rings. The van der Waals surface area contributed by atoms with Crippen LogP contribution in [0.2, 0.25) is 0 Å². The molecule has 5 heteroatoms. The van der Waals surface area contributed by atoms with Gasteiger partial charge in [-0.2, -0.15) is 0 Å². The van der Waals surface area contributed by atoms with E-state index in [0.717, 1.165) is 44.5 Å². The topological polar surface area (TPSA) is 29.3 Å². The second kappa shape index (κ2) is 10.0. The minimum atomic E-state index is 0.627. The minimum absolute atomic E-state index is 0.627. The Bertz CT molecular complexity index is 2660. The standard InChI is InChI=1S/C41H24N2OS2/c1-2-9-26(10-3-1)41-42-33-20-17-25-11-8-14-34(39(25)40(33)44-41)43(27-18-21-37-31(23-27)29-12-4-6-15-35(29)45-37)28-19-22-38-32(24-28)30-13-5-7-16-36(30)46-38/h1-24H. The number of thiophene rings is 2. The largest absolute Gasteiger partial charge is 0.435 e. The second-order valence-electron chi connectivity index (χ2n) is 11.6. The molecule has 0 saturated carbocycles. The lowest BCUT2D eigenvalue weighted by atomic mass is 10.0.